The van der Waals surface area contributed by atoms with E-state index in [-0.39, 0.29) is 6.54 Å². The number of hydrogen-bond acceptors (Lipinski definition) is 3. The number of aromatic nitrogens is 2. The number of aryl methyl sites for hydroxylation is 2. The van der Waals surface area contributed by atoms with Crippen molar-refractivity contribution in [2.45, 2.75) is 26.4 Å². The SMILES string of the molecule is CCc1nn(C)c(N(CC)CC(F)(F)F)c1N. The predicted molar refractivity (Wildman–Crippen MR) is 60.9 cm³/mol. The van der Waals surface area contributed by atoms with Gasteiger partial charge in [-0.1, -0.05) is 6.92 Å². The van der Waals surface area contributed by atoms with E-state index in [1.165, 1.54) is 9.58 Å². The normalized spacial score (nSPS) is 11.9. The molecule has 0 atom stereocenters. The number of rotatable bonds is 4. The highest BCUT2D eigenvalue weighted by Gasteiger charge is 2.32. The summed E-state index contributed by atoms with van der Waals surface area (Å²) in [5.74, 6) is 0.335. The molecule has 1 heterocycles. The Hall–Kier alpha value is -1.40. The van der Waals surface area contributed by atoms with Crippen molar-refractivity contribution in [1.29, 1.82) is 0 Å². The molecule has 4 nitrogen and oxygen atoms in total. The first-order chi connectivity index (χ1) is 7.80. The fraction of sp³-hybridized carbons (Fsp3) is 0.700. The number of nitrogen functional groups attached to an aromatic ring is 1. The van der Waals surface area contributed by atoms with Gasteiger partial charge in [0, 0.05) is 13.6 Å². The van der Waals surface area contributed by atoms with E-state index in [9.17, 15) is 13.2 Å². The maximum Gasteiger partial charge on any atom is 0.405 e. The van der Waals surface area contributed by atoms with E-state index < -0.39 is 12.7 Å². The Kier molecular flexibility index (Phi) is 3.90. The van der Waals surface area contributed by atoms with Crippen LogP contribution in [-0.4, -0.2) is 29.0 Å². The van der Waals surface area contributed by atoms with Crippen LogP contribution in [0, 0.1) is 0 Å². The van der Waals surface area contributed by atoms with E-state index in [1.807, 2.05) is 6.92 Å². The highest BCUT2D eigenvalue weighted by molar-refractivity contribution is 5.66. The average molecular weight is 250 g/mol. The topological polar surface area (TPSA) is 47.1 Å². The molecule has 1 aromatic heterocycles. The van der Waals surface area contributed by atoms with Gasteiger partial charge in [-0.05, 0) is 13.3 Å². The molecule has 0 unspecified atom stereocenters. The van der Waals surface area contributed by atoms with E-state index in [0.29, 0.717) is 23.6 Å². The fourth-order valence-corrected chi connectivity index (χ4v) is 1.77. The average Bonchev–Trinajstić information content (AvgIpc) is 2.49. The van der Waals surface area contributed by atoms with Gasteiger partial charge in [-0.3, -0.25) is 4.68 Å². The van der Waals surface area contributed by atoms with Crippen LogP contribution in [0.2, 0.25) is 0 Å². The summed E-state index contributed by atoms with van der Waals surface area (Å²) in [5, 5.41) is 4.11. The van der Waals surface area contributed by atoms with Crippen molar-refractivity contribution >= 4 is 11.5 Å². The third kappa shape index (κ3) is 3.04. The molecule has 0 saturated heterocycles. The summed E-state index contributed by atoms with van der Waals surface area (Å²) in [5.41, 5.74) is 6.78. The molecule has 1 rings (SSSR count). The molecular formula is C10H17F3N4. The smallest absolute Gasteiger partial charge is 0.394 e. The minimum atomic E-state index is -4.25. The van der Waals surface area contributed by atoms with Gasteiger partial charge < -0.3 is 10.6 Å². The van der Waals surface area contributed by atoms with Gasteiger partial charge in [0.2, 0.25) is 0 Å². The Bertz CT molecular complexity index is 384. The molecule has 1 aromatic rings. The van der Waals surface area contributed by atoms with Crippen molar-refractivity contribution in [2.75, 3.05) is 23.7 Å². The molecule has 0 aliphatic rings. The first-order valence-electron chi connectivity index (χ1n) is 5.43. The summed E-state index contributed by atoms with van der Waals surface area (Å²) >= 11 is 0. The molecule has 0 amide bonds. The third-order valence-electron chi connectivity index (χ3n) is 2.52. The minimum absolute atomic E-state index is 0.229. The molecule has 0 aliphatic carbocycles. The van der Waals surface area contributed by atoms with Gasteiger partial charge in [-0.15, -0.1) is 0 Å². The summed E-state index contributed by atoms with van der Waals surface area (Å²) in [6.45, 7) is 2.73. The first kappa shape index (κ1) is 13.7. The Labute approximate surface area is 98.2 Å². The number of halogens is 3. The highest BCUT2D eigenvalue weighted by atomic mass is 19.4. The van der Waals surface area contributed by atoms with E-state index in [2.05, 4.69) is 5.10 Å². The summed E-state index contributed by atoms with van der Waals surface area (Å²) in [6, 6.07) is 0. The van der Waals surface area contributed by atoms with Crippen LogP contribution in [0.5, 0.6) is 0 Å². The lowest BCUT2D eigenvalue weighted by Crippen LogP contribution is -2.35. The van der Waals surface area contributed by atoms with Crippen molar-refractivity contribution in [2.24, 2.45) is 7.05 Å². The molecule has 98 valence electrons. The molecule has 2 N–H and O–H groups in total. The van der Waals surface area contributed by atoms with E-state index in [1.54, 1.807) is 14.0 Å². The largest absolute Gasteiger partial charge is 0.405 e. The number of nitrogens with two attached hydrogens (primary N) is 1. The number of alkyl halides is 3. The second kappa shape index (κ2) is 4.85. The van der Waals surface area contributed by atoms with Gasteiger partial charge in [0.25, 0.3) is 0 Å². The van der Waals surface area contributed by atoms with Crippen LogP contribution in [0.1, 0.15) is 19.5 Å². The van der Waals surface area contributed by atoms with E-state index >= 15 is 0 Å². The van der Waals surface area contributed by atoms with Crippen LogP contribution < -0.4 is 10.6 Å². The van der Waals surface area contributed by atoms with Gasteiger partial charge >= 0.3 is 6.18 Å². The molecule has 0 bridgehead atoms. The summed E-state index contributed by atoms with van der Waals surface area (Å²) < 4.78 is 38.7. The molecule has 0 aromatic carbocycles. The predicted octanol–water partition coefficient (Wildman–Crippen LogP) is 1.95. The molecule has 17 heavy (non-hydrogen) atoms. The molecular weight excluding hydrogens is 233 g/mol. The maximum atomic E-state index is 12.4. The quantitative estimate of drug-likeness (QED) is 0.888. The lowest BCUT2D eigenvalue weighted by atomic mass is 10.3. The Balaban J connectivity index is 3.08. The van der Waals surface area contributed by atoms with Crippen molar-refractivity contribution in [1.82, 2.24) is 9.78 Å². The Morgan fingerprint density at radius 3 is 2.29 bits per heavy atom. The Morgan fingerprint density at radius 2 is 1.94 bits per heavy atom. The van der Waals surface area contributed by atoms with Gasteiger partial charge in [0.1, 0.15) is 6.54 Å². The zero-order valence-corrected chi connectivity index (χ0v) is 10.2. The summed E-state index contributed by atoms with van der Waals surface area (Å²) in [7, 11) is 1.60. The van der Waals surface area contributed by atoms with Crippen LogP contribution in [0.4, 0.5) is 24.7 Å². The van der Waals surface area contributed by atoms with Crippen LogP contribution in [0.15, 0.2) is 0 Å². The molecule has 0 radical (unpaired) electrons. The third-order valence-corrected chi connectivity index (χ3v) is 2.52. The standard InChI is InChI=1S/C10H17F3N4/c1-4-7-8(14)9(16(3)15-7)17(5-2)6-10(11,12)13/h4-6,14H2,1-3H3. The van der Waals surface area contributed by atoms with Gasteiger partial charge in [0.05, 0.1) is 11.4 Å². The van der Waals surface area contributed by atoms with Gasteiger partial charge in [-0.2, -0.15) is 18.3 Å². The number of nitrogens with zero attached hydrogens (tertiary/aromatic N) is 3. The fourth-order valence-electron chi connectivity index (χ4n) is 1.77. The van der Waals surface area contributed by atoms with Crippen molar-refractivity contribution in [3.8, 4) is 0 Å². The lowest BCUT2D eigenvalue weighted by Gasteiger charge is -2.24. The second-order valence-electron chi connectivity index (χ2n) is 3.79. The Morgan fingerprint density at radius 1 is 1.35 bits per heavy atom. The van der Waals surface area contributed by atoms with Gasteiger partial charge in [-0.25, -0.2) is 0 Å². The zero-order chi connectivity index (χ0) is 13.2. The van der Waals surface area contributed by atoms with E-state index in [4.69, 9.17) is 5.73 Å². The van der Waals surface area contributed by atoms with Crippen LogP contribution in [0.3, 0.4) is 0 Å². The molecule has 0 aliphatic heterocycles. The van der Waals surface area contributed by atoms with Crippen LogP contribution in [0.25, 0.3) is 0 Å². The van der Waals surface area contributed by atoms with Crippen molar-refractivity contribution in [3.05, 3.63) is 5.69 Å². The first-order valence-corrected chi connectivity index (χ1v) is 5.43. The minimum Gasteiger partial charge on any atom is -0.394 e. The molecule has 7 heteroatoms. The van der Waals surface area contributed by atoms with Crippen molar-refractivity contribution in [3.63, 3.8) is 0 Å². The molecule has 0 saturated carbocycles. The van der Waals surface area contributed by atoms with Crippen LogP contribution in [-0.2, 0) is 13.5 Å². The lowest BCUT2D eigenvalue weighted by molar-refractivity contribution is -0.119. The highest BCUT2D eigenvalue weighted by Crippen LogP contribution is 2.29. The van der Waals surface area contributed by atoms with Crippen molar-refractivity contribution < 1.29 is 13.2 Å². The summed E-state index contributed by atoms with van der Waals surface area (Å²) in [6.07, 6.45) is -3.65. The maximum absolute atomic E-state index is 12.4. The monoisotopic (exact) mass is 250 g/mol. The zero-order valence-electron chi connectivity index (χ0n) is 10.2. The number of anilines is 2. The van der Waals surface area contributed by atoms with Crippen LogP contribution >= 0.6 is 0 Å². The summed E-state index contributed by atoms with van der Waals surface area (Å²) in [4.78, 5) is 1.18. The number of hydrogen-bond donors (Lipinski definition) is 1. The van der Waals surface area contributed by atoms with Gasteiger partial charge in [0.15, 0.2) is 5.82 Å². The molecule has 0 spiro atoms. The second-order valence-corrected chi connectivity index (χ2v) is 3.79. The molecule has 0 fully saturated rings. The van der Waals surface area contributed by atoms with E-state index in [0.717, 1.165) is 0 Å².